The maximum absolute atomic E-state index is 14.2. The molecular weight excluding hydrogens is 503 g/mol. The van der Waals surface area contributed by atoms with Crippen molar-refractivity contribution in [1.82, 2.24) is 4.72 Å². The van der Waals surface area contributed by atoms with Gasteiger partial charge in [-0.15, -0.1) is 0 Å². The second-order valence-electron chi connectivity index (χ2n) is 8.97. The fourth-order valence-corrected chi connectivity index (χ4v) is 6.09. The van der Waals surface area contributed by atoms with Gasteiger partial charge in [0, 0.05) is 12.3 Å². The Kier molecular flexibility index (Phi) is 7.39. The monoisotopic (exact) mass is 527 g/mol. The van der Waals surface area contributed by atoms with Gasteiger partial charge in [-0.3, -0.25) is 4.79 Å². The third-order valence-corrected chi connectivity index (χ3v) is 7.98. The molecule has 1 aliphatic rings. The summed E-state index contributed by atoms with van der Waals surface area (Å²) in [5.41, 5.74) is 6.60. The zero-order valence-electron chi connectivity index (χ0n) is 19.6. The maximum atomic E-state index is 14.2. The second-order valence-corrected chi connectivity index (χ2v) is 10.7. The lowest BCUT2D eigenvalue weighted by atomic mass is 9.77. The molecule has 6 nitrogen and oxygen atoms in total. The Balaban J connectivity index is 1.74. The lowest BCUT2D eigenvalue weighted by Gasteiger charge is -2.28. The molecule has 0 radical (unpaired) electrons. The fraction of sp³-hybridized carbons (Fsp3) is 0.259. The first kappa shape index (κ1) is 26.4. The number of benzene rings is 3. The number of nitrogens with two attached hydrogens (primary N) is 1. The number of nitrogens with zero attached hydrogens (tertiary/aromatic N) is 1. The minimum absolute atomic E-state index is 0.0222. The van der Waals surface area contributed by atoms with Gasteiger partial charge < -0.3 is 5.73 Å². The molecule has 2 unspecified atom stereocenters. The Morgan fingerprint density at radius 3 is 2.54 bits per heavy atom. The third kappa shape index (κ3) is 5.84. The molecule has 0 spiro atoms. The van der Waals surface area contributed by atoms with Crippen LogP contribution in [-0.4, -0.2) is 14.3 Å². The number of carbonyl (C=O) groups is 1. The van der Waals surface area contributed by atoms with Crippen molar-refractivity contribution in [2.45, 2.75) is 48.7 Å². The first-order valence-corrected chi connectivity index (χ1v) is 13.1. The summed E-state index contributed by atoms with van der Waals surface area (Å²) in [7, 11) is -4.50. The number of amides is 1. The molecule has 0 bridgehead atoms. The van der Waals surface area contributed by atoms with Crippen molar-refractivity contribution in [3.63, 3.8) is 0 Å². The number of hydrogen-bond donors (Lipinski definition) is 2. The van der Waals surface area contributed by atoms with Crippen molar-refractivity contribution < 1.29 is 26.4 Å². The highest BCUT2D eigenvalue weighted by Crippen LogP contribution is 2.43. The number of carbonyl (C=O) groups excluding carboxylic acids is 1. The summed E-state index contributed by atoms with van der Waals surface area (Å²) in [4.78, 5) is 11.1. The normalized spacial score (nSPS) is 16.4. The molecule has 0 aromatic heterocycles. The van der Waals surface area contributed by atoms with Crippen LogP contribution in [0.5, 0.6) is 0 Å². The Labute approximate surface area is 213 Å². The molecule has 1 aliphatic carbocycles. The summed E-state index contributed by atoms with van der Waals surface area (Å²) in [6, 6.07) is 17.0. The predicted molar refractivity (Wildman–Crippen MR) is 131 cm³/mol. The molecule has 192 valence electrons. The summed E-state index contributed by atoms with van der Waals surface area (Å²) < 4.78 is 71.4. The number of halogens is 3. The first-order valence-electron chi connectivity index (χ1n) is 11.6. The van der Waals surface area contributed by atoms with Crippen molar-refractivity contribution in [2.75, 3.05) is 0 Å². The van der Waals surface area contributed by atoms with Crippen LogP contribution < -0.4 is 10.5 Å². The molecule has 0 aliphatic heterocycles. The van der Waals surface area contributed by atoms with Crippen molar-refractivity contribution in [3.05, 3.63) is 100 Å². The molecule has 10 heteroatoms. The fourth-order valence-electron chi connectivity index (χ4n) is 4.84. The molecule has 37 heavy (non-hydrogen) atoms. The van der Waals surface area contributed by atoms with Crippen LogP contribution in [0.3, 0.4) is 0 Å². The summed E-state index contributed by atoms with van der Waals surface area (Å²) >= 11 is 0. The third-order valence-electron chi connectivity index (χ3n) is 6.51. The van der Waals surface area contributed by atoms with E-state index in [0.717, 1.165) is 30.0 Å². The Morgan fingerprint density at radius 2 is 1.84 bits per heavy atom. The number of rotatable bonds is 7. The standard InChI is InChI=1S/C27H24F3N3O3S/c28-27(29,30)24-14-20(11-12-23(24)22-10-4-7-18-6-1-2-9-21(18)22)37(35,36)33-25(15-26(32)34)19-8-3-5-17(13-19)16-31/h1-3,5-6,8-9,11-14,22,25,33H,4,7,10,15H2,(H2,32,34). The summed E-state index contributed by atoms with van der Waals surface area (Å²) in [6.45, 7) is 0. The van der Waals surface area contributed by atoms with E-state index in [4.69, 9.17) is 11.0 Å². The van der Waals surface area contributed by atoms with Gasteiger partial charge in [-0.25, -0.2) is 13.1 Å². The van der Waals surface area contributed by atoms with Gasteiger partial charge in [0.25, 0.3) is 0 Å². The van der Waals surface area contributed by atoms with Crippen LogP contribution in [0.2, 0.25) is 0 Å². The predicted octanol–water partition coefficient (Wildman–Crippen LogP) is 4.94. The largest absolute Gasteiger partial charge is 0.416 e. The van der Waals surface area contributed by atoms with Crippen LogP contribution in [-0.2, 0) is 27.4 Å². The van der Waals surface area contributed by atoms with Gasteiger partial charge in [0.1, 0.15) is 0 Å². The quantitative estimate of drug-likeness (QED) is 0.453. The number of nitriles is 1. The molecular formula is C27H24F3N3O3S. The molecule has 2 atom stereocenters. The Hall–Kier alpha value is -3.68. The van der Waals surface area contributed by atoms with E-state index in [1.807, 2.05) is 24.3 Å². The number of sulfonamides is 1. The highest BCUT2D eigenvalue weighted by atomic mass is 32.2. The van der Waals surface area contributed by atoms with Crippen molar-refractivity contribution in [1.29, 1.82) is 5.26 Å². The topological polar surface area (TPSA) is 113 Å². The molecule has 0 heterocycles. The van der Waals surface area contributed by atoms with Gasteiger partial charge in [-0.05, 0) is 65.8 Å². The minimum Gasteiger partial charge on any atom is -0.370 e. The Morgan fingerprint density at radius 1 is 1.08 bits per heavy atom. The smallest absolute Gasteiger partial charge is 0.370 e. The summed E-state index contributed by atoms with van der Waals surface area (Å²) in [5, 5.41) is 9.15. The van der Waals surface area contributed by atoms with Crippen LogP contribution in [0, 0.1) is 11.3 Å². The molecule has 3 N–H and O–H groups in total. The number of fused-ring (bicyclic) bond motifs is 1. The van der Waals surface area contributed by atoms with E-state index in [1.165, 1.54) is 30.3 Å². The van der Waals surface area contributed by atoms with Gasteiger partial charge in [-0.1, -0.05) is 42.5 Å². The van der Waals surface area contributed by atoms with E-state index in [2.05, 4.69) is 4.72 Å². The van der Waals surface area contributed by atoms with E-state index in [0.29, 0.717) is 12.5 Å². The minimum atomic E-state index is -4.79. The number of alkyl halides is 3. The molecule has 1 amide bonds. The second kappa shape index (κ2) is 10.4. The van der Waals surface area contributed by atoms with Gasteiger partial charge >= 0.3 is 6.18 Å². The molecule has 0 saturated heterocycles. The van der Waals surface area contributed by atoms with Gasteiger partial charge in [0.05, 0.1) is 28.1 Å². The lowest BCUT2D eigenvalue weighted by Crippen LogP contribution is -2.32. The van der Waals surface area contributed by atoms with Crippen molar-refractivity contribution in [2.24, 2.45) is 5.73 Å². The van der Waals surface area contributed by atoms with E-state index in [1.54, 1.807) is 6.07 Å². The first-order chi connectivity index (χ1) is 17.5. The zero-order valence-corrected chi connectivity index (χ0v) is 20.4. The Bertz CT molecular complexity index is 1480. The molecule has 3 aromatic carbocycles. The number of primary amides is 1. The van der Waals surface area contributed by atoms with E-state index in [9.17, 15) is 26.4 Å². The summed E-state index contributed by atoms with van der Waals surface area (Å²) in [6.07, 6.45) is -3.23. The van der Waals surface area contributed by atoms with Gasteiger partial charge in [0.2, 0.25) is 15.9 Å². The SMILES string of the molecule is N#Cc1cccc(C(CC(N)=O)NS(=O)(=O)c2ccc(C3CCCc4ccccc43)c(C(F)(F)F)c2)c1. The van der Waals surface area contributed by atoms with E-state index >= 15 is 0 Å². The van der Waals surface area contributed by atoms with Gasteiger partial charge in [-0.2, -0.15) is 18.4 Å². The number of nitrogens with one attached hydrogen (secondary N) is 1. The number of aryl methyl sites for hydroxylation is 1. The molecule has 0 fully saturated rings. The molecule has 0 saturated carbocycles. The average molecular weight is 528 g/mol. The highest BCUT2D eigenvalue weighted by Gasteiger charge is 2.38. The molecule has 4 rings (SSSR count). The van der Waals surface area contributed by atoms with Crippen molar-refractivity contribution >= 4 is 15.9 Å². The van der Waals surface area contributed by atoms with Crippen LogP contribution in [0.25, 0.3) is 0 Å². The van der Waals surface area contributed by atoms with Crippen LogP contribution in [0.4, 0.5) is 13.2 Å². The van der Waals surface area contributed by atoms with Crippen LogP contribution in [0.15, 0.2) is 71.6 Å². The van der Waals surface area contributed by atoms with Crippen LogP contribution >= 0.6 is 0 Å². The molecule has 3 aromatic rings. The summed E-state index contributed by atoms with van der Waals surface area (Å²) in [5.74, 6) is -1.33. The maximum Gasteiger partial charge on any atom is 0.416 e. The van der Waals surface area contributed by atoms with E-state index in [-0.39, 0.29) is 16.7 Å². The van der Waals surface area contributed by atoms with Crippen molar-refractivity contribution in [3.8, 4) is 6.07 Å². The number of hydrogen-bond acceptors (Lipinski definition) is 4. The van der Waals surface area contributed by atoms with E-state index < -0.39 is 50.9 Å². The highest BCUT2D eigenvalue weighted by molar-refractivity contribution is 7.89. The van der Waals surface area contributed by atoms with Gasteiger partial charge in [0.15, 0.2) is 0 Å². The zero-order chi connectivity index (χ0) is 26.8. The average Bonchev–Trinajstić information content (AvgIpc) is 2.86. The lowest BCUT2D eigenvalue weighted by molar-refractivity contribution is -0.138. The van der Waals surface area contributed by atoms with Crippen LogP contribution in [0.1, 0.15) is 64.6 Å².